The number of carbonyl (C=O) groups is 1. The van der Waals surface area contributed by atoms with E-state index in [1.165, 1.54) is 13.5 Å². The van der Waals surface area contributed by atoms with Crippen molar-refractivity contribution in [3.05, 3.63) is 94.6 Å². The highest BCUT2D eigenvalue weighted by Gasteiger charge is 2.48. The number of fused-ring (bicyclic) bond motifs is 1. The summed E-state index contributed by atoms with van der Waals surface area (Å²) in [6.07, 6.45) is 5.41. The van der Waals surface area contributed by atoms with E-state index < -0.39 is 5.60 Å². The number of hydrogen-bond acceptors (Lipinski definition) is 4. The van der Waals surface area contributed by atoms with Gasteiger partial charge in [0.25, 0.3) is 0 Å². The molecule has 1 fully saturated rings. The molecule has 1 unspecified atom stereocenters. The first-order valence-corrected chi connectivity index (χ1v) is 12.4. The maximum Gasteiger partial charge on any atom is 0.338 e. The summed E-state index contributed by atoms with van der Waals surface area (Å²) in [6, 6.07) is 23.4. The van der Waals surface area contributed by atoms with Gasteiger partial charge in [-0.05, 0) is 55.2 Å². The number of nitrogens with zero attached hydrogens (tertiary/aromatic N) is 2. The molecule has 1 saturated carbocycles. The minimum atomic E-state index is -0.916. The first kappa shape index (κ1) is 23.6. The Morgan fingerprint density at radius 1 is 0.943 bits per heavy atom. The predicted molar refractivity (Wildman–Crippen MR) is 138 cm³/mol. The Morgan fingerprint density at radius 3 is 2.34 bits per heavy atom. The Hall–Kier alpha value is -3.15. The lowest BCUT2D eigenvalue weighted by atomic mass is 9.69. The molecule has 5 nitrogen and oxygen atoms in total. The number of methoxy groups -OCH3 is 2. The molecule has 5 rings (SSSR count). The smallest absolute Gasteiger partial charge is 0.338 e. The molecule has 0 bridgehead atoms. The summed E-state index contributed by atoms with van der Waals surface area (Å²) in [4.78, 5) is 13.0. The Morgan fingerprint density at radius 2 is 1.63 bits per heavy atom. The largest absolute Gasteiger partial charge is 0.465 e. The Balaban J connectivity index is 1.89. The van der Waals surface area contributed by atoms with Gasteiger partial charge in [-0.15, -0.1) is 0 Å². The van der Waals surface area contributed by atoms with Gasteiger partial charge in [0.2, 0.25) is 0 Å². The average molecular weight is 489 g/mol. The van der Waals surface area contributed by atoms with E-state index in [0.29, 0.717) is 10.6 Å². The van der Waals surface area contributed by atoms with Crippen LogP contribution in [0.4, 0.5) is 0 Å². The molecule has 6 heteroatoms. The lowest BCUT2D eigenvalue weighted by molar-refractivity contribution is -0.0465. The third-order valence-electron chi connectivity index (χ3n) is 7.24. The van der Waals surface area contributed by atoms with Gasteiger partial charge >= 0.3 is 5.97 Å². The van der Waals surface area contributed by atoms with Gasteiger partial charge in [0, 0.05) is 23.1 Å². The van der Waals surface area contributed by atoms with Crippen LogP contribution < -0.4 is 0 Å². The molecule has 0 radical (unpaired) electrons. The second-order valence-electron chi connectivity index (χ2n) is 9.07. The summed E-state index contributed by atoms with van der Waals surface area (Å²) in [5, 5.41) is 6.67. The summed E-state index contributed by atoms with van der Waals surface area (Å²) < 4.78 is 13.8. The van der Waals surface area contributed by atoms with Crippen LogP contribution in [0.3, 0.4) is 0 Å². The molecule has 0 saturated heterocycles. The zero-order chi connectivity index (χ0) is 24.4. The fourth-order valence-electron chi connectivity index (χ4n) is 5.68. The van der Waals surface area contributed by atoms with E-state index in [-0.39, 0.29) is 11.9 Å². The van der Waals surface area contributed by atoms with Crippen molar-refractivity contribution < 1.29 is 14.3 Å². The minimum absolute atomic E-state index is 0.151. The minimum Gasteiger partial charge on any atom is -0.465 e. The lowest BCUT2D eigenvalue weighted by Gasteiger charge is -2.43. The lowest BCUT2D eigenvalue weighted by Crippen LogP contribution is -2.42. The fraction of sp³-hybridized carbons (Fsp3) is 0.310. The van der Waals surface area contributed by atoms with Crippen LogP contribution in [0, 0.1) is 5.92 Å². The van der Waals surface area contributed by atoms with Crippen LogP contribution in [0.5, 0.6) is 0 Å². The van der Waals surface area contributed by atoms with Crippen LogP contribution in [0.25, 0.3) is 16.6 Å². The van der Waals surface area contributed by atoms with Crippen molar-refractivity contribution in [3.8, 4) is 5.69 Å². The Bertz CT molecular complexity index is 1340. The standard InChI is InChI=1S/C29H29ClN2O3/c1-34-28(33)23-12-6-8-14-25(23)29(35-2,20-10-4-3-5-11-20)27-24-13-7-9-15-26(24)31-32(27)22-18-16-21(30)17-19-22/h6-9,12-20H,3-5,10-11H2,1-2H3. The average Bonchev–Trinajstić information content (AvgIpc) is 3.30. The van der Waals surface area contributed by atoms with Crippen LogP contribution in [-0.2, 0) is 15.1 Å². The molecule has 0 spiro atoms. The quantitative estimate of drug-likeness (QED) is 0.276. The predicted octanol–water partition coefficient (Wildman–Crippen LogP) is 6.94. The molecule has 3 aromatic carbocycles. The number of rotatable bonds is 6. The Labute approximate surface area is 210 Å². The molecule has 0 amide bonds. The van der Waals surface area contributed by atoms with Gasteiger partial charge in [-0.25, -0.2) is 9.48 Å². The van der Waals surface area contributed by atoms with E-state index in [4.69, 9.17) is 26.2 Å². The van der Waals surface area contributed by atoms with Crippen molar-refractivity contribution in [2.75, 3.05) is 14.2 Å². The molecular formula is C29H29ClN2O3. The highest BCUT2D eigenvalue weighted by Crippen LogP contribution is 2.50. The molecule has 1 aliphatic rings. The third-order valence-corrected chi connectivity index (χ3v) is 7.49. The third kappa shape index (κ3) is 4.03. The van der Waals surface area contributed by atoms with Gasteiger partial charge in [0.1, 0.15) is 5.60 Å². The van der Waals surface area contributed by atoms with Crippen molar-refractivity contribution in [2.45, 2.75) is 37.7 Å². The van der Waals surface area contributed by atoms with E-state index in [1.54, 1.807) is 7.11 Å². The maximum absolute atomic E-state index is 13.0. The second-order valence-corrected chi connectivity index (χ2v) is 9.50. The summed E-state index contributed by atoms with van der Waals surface area (Å²) >= 11 is 6.22. The normalized spacial score (nSPS) is 16.2. The monoisotopic (exact) mass is 488 g/mol. The Kier molecular flexibility index (Phi) is 6.63. The van der Waals surface area contributed by atoms with Crippen molar-refractivity contribution in [1.29, 1.82) is 0 Å². The summed E-state index contributed by atoms with van der Waals surface area (Å²) in [7, 11) is 3.16. The SMILES string of the molecule is COC(=O)c1ccccc1C(OC)(c1c2ccccc2nn1-c1ccc(Cl)cc1)C1CCCCC1. The summed E-state index contributed by atoms with van der Waals surface area (Å²) in [6.45, 7) is 0. The zero-order valence-electron chi connectivity index (χ0n) is 20.0. The molecule has 35 heavy (non-hydrogen) atoms. The van der Waals surface area contributed by atoms with Crippen LogP contribution in [0.2, 0.25) is 5.02 Å². The number of benzene rings is 3. The van der Waals surface area contributed by atoms with E-state index in [2.05, 4.69) is 6.07 Å². The number of aromatic nitrogens is 2. The second kappa shape index (κ2) is 9.84. The van der Waals surface area contributed by atoms with E-state index in [1.807, 2.05) is 71.4 Å². The van der Waals surface area contributed by atoms with Crippen molar-refractivity contribution >= 4 is 28.5 Å². The van der Waals surface area contributed by atoms with E-state index in [9.17, 15) is 4.79 Å². The van der Waals surface area contributed by atoms with Crippen LogP contribution >= 0.6 is 11.6 Å². The highest BCUT2D eigenvalue weighted by atomic mass is 35.5. The van der Waals surface area contributed by atoms with Crippen LogP contribution in [-0.4, -0.2) is 30.0 Å². The first-order chi connectivity index (χ1) is 17.1. The van der Waals surface area contributed by atoms with Crippen molar-refractivity contribution in [1.82, 2.24) is 9.78 Å². The fourth-order valence-corrected chi connectivity index (χ4v) is 5.80. The van der Waals surface area contributed by atoms with Crippen molar-refractivity contribution in [3.63, 3.8) is 0 Å². The molecular weight excluding hydrogens is 460 g/mol. The molecule has 1 atom stereocenters. The topological polar surface area (TPSA) is 53.4 Å². The molecule has 180 valence electrons. The van der Waals surface area contributed by atoms with Gasteiger partial charge in [0.05, 0.1) is 29.6 Å². The molecule has 4 aromatic rings. The zero-order valence-corrected chi connectivity index (χ0v) is 20.8. The van der Waals surface area contributed by atoms with Gasteiger partial charge in [0.15, 0.2) is 0 Å². The molecule has 0 N–H and O–H groups in total. The van der Waals surface area contributed by atoms with Gasteiger partial charge in [-0.2, -0.15) is 5.10 Å². The highest BCUT2D eigenvalue weighted by molar-refractivity contribution is 6.30. The summed E-state index contributed by atoms with van der Waals surface area (Å²) in [5.41, 5.74) is 3.07. The summed E-state index contributed by atoms with van der Waals surface area (Å²) in [5.74, 6) is -0.224. The van der Waals surface area contributed by atoms with E-state index >= 15 is 0 Å². The molecule has 0 aliphatic heterocycles. The molecule has 1 aliphatic carbocycles. The number of ether oxygens (including phenoxy) is 2. The maximum atomic E-state index is 13.0. The van der Waals surface area contributed by atoms with Gasteiger partial charge in [-0.3, -0.25) is 0 Å². The van der Waals surface area contributed by atoms with Crippen LogP contribution in [0.15, 0.2) is 72.8 Å². The molecule has 1 aromatic heterocycles. The number of esters is 1. The van der Waals surface area contributed by atoms with Crippen LogP contribution in [0.1, 0.15) is 53.7 Å². The first-order valence-electron chi connectivity index (χ1n) is 12.1. The van der Waals surface area contributed by atoms with Gasteiger partial charge in [-0.1, -0.05) is 67.3 Å². The van der Waals surface area contributed by atoms with Gasteiger partial charge < -0.3 is 9.47 Å². The number of carbonyl (C=O) groups excluding carboxylic acids is 1. The number of hydrogen-bond donors (Lipinski definition) is 0. The van der Waals surface area contributed by atoms with E-state index in [0.717, 1.165) is 53.5 Å². The van der Waals surface area contributed by atoms with Crippen molar-refractivity contribution in [2.24, 2.45) is 5.92 Å². The molecule has 1 heterocycles. The number of halogens is 1.